The van der Waals surface area contributed by atoms with Crippen LogP contribution in [0.3, 0.4) is 0 Å². The van der Waals surface area contributed by atoms with Gasteiger partial charge in [0.15, 0.2) is 0 Å². The second-order valence-electron chi connectivity index (χ2n) is 17.5. The standard InChI is InChI=1S/C59H40O/c1-59(2)51-29-26-41(34-50(51)48-28-25-36-27-30-53-57(56(36)58(48)59)49-17-9-10-18-52(49)60-53)39-20-21-40-33-43(24-22-38(40)31-39)55-46-15-7-5-13-44(46)54(45-14-6-8-16-47(45)55)42-23-19-35-11-3-4-12-37(35)32-42/h3-34,49,52H,1-2H3. The Kier molecular flexibility index (Phi) is 6.97. The van der Waals surface area contributed by atoms with Crippen molar-refractivity contribution >= 4 is 53.9 Å². The highest BCUT2D eigenvalue weighted by Crippen LogP contribution is 2.56. The lowest BCUT2D eigenvalue weighted by Gasteiger charge is -2.25. The van der Waals surface area contributed by atoms with Crippen LogP contribution in [0.5, 0.6) is 5.75 Å². The third kappa shape index (κ3) is 4.75. The first-order valence-electron chi connectivity index (χ1n) is 21.2. The fraction of sp³-hybridized carbons (Fsp3) is 0.0847. The van der Waals surface area contributed by atoms with Gasteiger partial charge in [-0.05, 0) is 146 Å². The van der Waals surface area contributed by atoms with Crippen molar-refractivity contribution < 1.29 is 4.74 Å². The fourth-order valence-electron chi connectivity index (χ4n) is 11.1. The van der Waals surface area contributed by atoms with E-state index in [4.69, 9.17) is 4.74 Å². The summed E-state index contributed by atoms with van der Waals surface area (Å²) in [5, 5.41) is 12.7. The van der Waals surface area contributed by atoms with Gasteiger partial charge in [0.2, 0.25) is 0 Å². The number of rotatable bonds is 3. The van der Waals surface area contributed by atoms with E-state index in [0.717, 1.165) is 5.75 Å². The van der Waals surface area contributed by atoms with Gasteiger partial charge >= 0.3 is 0 Å². The molecule has 1 nitrogen and oxygen atoms in total. The van der Waals surface area contributed by atoms with E-state index in [-0.39, 0.29) is 17.4 Å². The Bertz CT molecular complexity index is 3500. The molecule has 0 radical (unpaired) electrons. The van der Waals surface area contributed by atoms with Gasteiger partial charge in [-0.25, -0.2) is 0 Å². The lowest BCUT2D eigenvalue weighted by molar-refractivity contribution is 0.269. The second-order valence-corrected chi connectivity index (χ2v) is 17.5. The molecule has 0 fully saturated rings. The molecule has 10 aromatic rings. The Morgan fingerprint density at radius 2 is 0.950 bits per heavy atom. The molecule has 0 N–H and O–H groups in total. The SMILES string of the molecule is CC1(C)c2ccc(-c3ccc4cc(-c5c6ccccc6c(-c6ccc7ccccc7c6)c6ccccc56)ccc4c3)cc2-c2ccc3ccc4c(c3c21)C1C=CC=CC1O4. The Labute approximate surface area is 349 Å². The first-order valence-corrected chi connectivity index (χ1v) is 21.2. The number of hydrogen-bond donors (Lipinski definition) is 0. The van der Waals surface area contributed by atoms with Crippen LogP contribution >= 0.6 is 0 Å². The molecule has 0 aromatic heterocycles. The van der Waals surface area contributed by atoms with E-state index in [1.165, 1.54) is 115 Å². The van der Waals surface area contributed by atoms with Gasteiger partial charge in [-0.2, -0.15) is 0 Å². The van der Waals surface area contributed by atoms with Crippen LogP contribution in [-0.4, -0.2) is 6.10 Å². The van der Waals surface area contributed by atoms with Crippen LogP contribution in [0, 0.1) is 0 Å². The fourth-order valence-corrected chi connectivity index (χ4v) is 11.1. The molecule has 1 heteroatoms. The first kappa shape index (κ1) is 33.7. The van der Waals surface area contributed by atoms with Crippen LogP contribution in [0.1, 0.15) is 36.5 Å². The molecule has 0 spiro atoms. The van der Waals surface area contributed by atoms with Crippen molar-refractivity contribution in [1.29, 1.82) is 0 Å². The van der Waals surface area contributed by atoms with E-state index < -0.39 is 0 Å². The zero-order chi connectivity index (χ0) is 39.7. The van der Waals surface area contributed by atoms with Gasteiger partial charge < -0.3 is 4.74 Å². The predicted octanol–water partition coefficient (Wildman–Crippen LogP) is 15.7. The summed E-state index contributed by atoms with van der Waals surface area (Å²) in [4.78, 5) is 0. The first-order chi connectivity index (χ1) is 29.5. The molecular formula is C59H40O. The number of hydrogen-bond acceptors (Lipinski definition) is 1. The lowest BCUT2D eigenvalue weighted by atomic mass is 9.77. The Morgan fingerprint density at radius 1 is 0.433 bits per heavy atom. The highest BCUT2D eigenvalue weighted by Gasteiger charge is 2.41. The highest BCUT2D eigenvalue weighted by atomic mass is 16.5. The average Bonchev–Trinajstić information content (AvgIpc) is 3.79. The van der Waals surface area contributed by atoms with Crippen LogP contribution in [-0.2, 0) is 5.41 Å². The Hall–Kier alpha value is -7.22. The summed E-state index contributed by atoms with van der Waals surface area (Å²) in [6.45, 7) is 4.80. The van der Waals surface area contributed by atoms with Gasteiger partial charge in [0.1, 0.15) is 11.9 Å². The number of benzene rings is 10. The van der Waals surface area contributed by atoms with Crippen molar-refractivity contribution in [2.75, 3.05) is 0 Å². The van der Waals surface area contributed by atoms with Gasteiger partial charge in [0.05, 0.1) is 0 Å². The van der Waals surface area contributed by atoms with Gasteiger partial charge in [0, 0.05) is 16.9 Å². The molecule has 2 aliphatic carbocycles. The number of allylic oxidation sites excluding steroid dienone is 2. The summed E-state index contributed by atoms with van der Waals surface area (Å²) < 4.78 is 6.50. The van der Waals surface area contributed by atoms with Crippen LogP contribution in [0.15, 0.2) is 194 Å². The predicted molar refractivity (Wildman–Crippen MR) is 253 cm³/mol. The molecular weight excluding hydrogens is 725 g/mol. The van der Waals surface area contributed by atoms with E-state index in [9.17, 15) is 0 Å². The minimum absolute atomic E-state index is 0.0641. The molecule has 60 heavy (non-hydrogen) atoms. The highest BCUT2D eigenvalue weighted by molar-refractivity contribution is 6.22. The van der Waals surface area contributed by atoms with Crippen LogP contribution < -0.4 is 4.74 Å². The van der Waals surface area contributed by atoms with E-state index in [1.54, 1.807) is 0 Å². The minimum atomic E-state index is -0.147. The summed E-state index contributed by atoms with van der Waals surface area (Å²) in [6, 6.07) is 63.7. The van der Waals surface area contributed by atoms with Crippen molar-refractivity contribution in [3.05, 3.63) is 211 Å². The molecule has 0 saturated heterocycles. The Balaban J connectivity index is 0.920. The number of ether oxygens (including phenoxy) is 1. The maximum absolute atomic E-state index is 6.50. The Morgan fingerprint density at radius 3 is 1.65 bits per heavy atom. The van der Waals surface area contributed by atoms with Crippen molar-refractivity contribution in [1.82, 2.24) is 0 Å². The third-order valence-electron chi connectivity index (χ3n) is 13.9. The van der Waals surface area contributed by atoms with Crippen molar-refractivity contribution in [2.45, 2.75) is 31.3 Å². The van der Waals surface area contributed by atoms with Crippen molar-refractivity contribution in [3.63, 3.8) is 0 Å². The van der Waals surface area contributed by atoms with Gasteiger partial charge in [-0.3, -0.25) is 0 Å². The molecule has 3 aliphatic rings. The van der Waals surface area contributed by atoms with Crippen molar-refractivity contribution in [2.24, 2.45) is 0 Å². The summed E-state index contributed by atoms with van der Waals surface area (Å²) in [5.41, 5.74) is 14.2. The molecule has 10 aromatic carbocycles. The topological polar surface area (TPSA) is 9.23 Å². The summed E-state index contributed by atoms with van der Waals surface area (Å²) in [5.74, 6) is 1.26. The maximum Gasteiger partial charge on any atom is 0.128 e. The third-order valence-corrected chi connectivity index (χ3v) is 13.9. The van der Waals surface area contributed by atoms with Crippen LogP contribution in [0.2, 0.25) is 0 Å². The molecule has 0 saturated carbocycles. The molecule has 13 rings (SSSR count). The second kappa shape index (κ2) is 12.4. The lowest BCUT2D eigenvalue weighted by Crippen LogP contribution is -2.17. The molecule has 2 unspecified atom stereocenters. The molecule has 1 aliphatic heterocycles. The zero-order valence-electron chi connectivity index (χ0n) is 33.5. The van der Waals surface area contributed by atoms with Gasteiger partial charge in [-0.15, -0.1) is 0 Å². The van der Waals surface area contributed by atoms with Gasteiger partial charge in [0.25, 0.3) is 0 Å². The van der Waals surface area contributed by atoms with E-state index in [2.05, 4.69) is 208 Å². The van der Waals surface area contributed by atoms with Crippen LogP contribution in [0.4, 0.5) is 0 Å². The summed E-state index contributed by atoms with van der Waals surface area (Å²) in [6.07, 6.45) is 8.87. The molecule has 1 heterocycles. The smallest absolute Gasteiger partial charge is 0.128 e. The molecule has 2 atom stereocenters. The molecule has 282 valence electrons. The largest absolute Gasteiger partial charge is 0.485 e. The minimum Gasteiger partial charge on any atom is -0.485 e. The van der Waals surface area contributed by atoms with E-state index in [1.807, 2.05) is 0 Å². The monoisotopic (exact) mass is 764 g/mol. The number of fused-ring (bicyclic) bond motifs is 13. The van der Waals surface area contributed by atoms with Crippen molar-refractivity contribution in [3.8, 4) is 50.3 Å². The summed E-state index contributed by atoms with van der Waals surface area (Å²) in [7, 11) is 0. The molecule has 0 amide bonds. The summed E-state index contributed by atoms with van der Waals surface area (Å²) >= 11 is 0. The maximum atomic E-state index is 6.50. The van der Waals surface area contributed by atoms with E-state index >= 15 is 0 Å². The zero-order valence-corrected chi connectivity index (χ0v) is 33.5. The van der Waals surface area contributed by atoms with E-state index in [0.29, 0.717) is 0 Å². The molecule has 0 bridgehead atoms. The average molecular weight is 765 g/mol. The normalized spacial score (nSPS) is 17.0. The quantitative estimate of drug-likeness (QED) is 0.163. The van der Waals surface area contributed by atoms with Gasteiger partial charge in [-0.1, -0.05) is 172 Å². The van der Waals surface area contributed by atoms with Crippen LogP contribution in [0.25, 0.3) is 98.4 Å².